The van der Waals surface area contributed by atoms with Gasteiger partial charge in [-0.2, -0.15) is 4.98 Å². The smallest absolute Gasteiger partial charge is 0.229 e. The van der Waals surface area contributed by atoms with E-state index < -0.39 is 0 Å². The summed E-state index contributed by atoms with van der Waals surface area (Å²) < 4.78 is 14.8. The van der Waals surface area contributed by atoms with E-state index in [2.05, 4.69) is 20.6 Å². The molecule has 2 aromatic carbocycles. The molecule has 166 valence electrons. The Morgan fingerprint density at radius 1 is 1.09 bits per heavy atom. The van der Waals surface area contributed by atoms with E-state index in [1.807, 2.05) is 17.0 Å². The van der Waals surface area contributed by atoms with Crippen LogP contribution in [0.4, 0.5) is 38.9 Å². The lowest BCUT2D eigenvalue weighted by molar-refractivity contribution is -0.129. The normalized spacial score (nSPS) is 13.7. The van der Waals surface area contributed by atoms with E-state index in [-0.39, 0.29) is 17.7 Å². The van der Waals surface area contributed by atoms with Crippen molar-refractivity contribution in [3.63, 3.8) is 0 Å². The highest BCUT2D eigenvalue weighted by atomic mass is 35.5. The molecule has 4 rings (SSSR count). The molecule has 32 heavy (non-hydrogen) atoms. The highest BCUT2D eigenvalue weighted by molar-refractivity contribution is 6.32. The van der Waals surface area contributed by atoms with E-state index in [4.69, 9.17) is 17.3 Å². The average molecular weight is 456 g/mol. The van der Waals surface area contributed by atoms with Crippen LogP contribution in [0.3, 0.4) is 0 Å². The summed E-state index contributed by atoms with van der Waals surface area (Å²) in [5, 5.41) is 6.44. The third-order valence-electron chi connectivity index (χ3n) is 5.16. The molecule has 0 spiro atoms. The Hall–Kier alpha value is -3.59. The van der Waals surface area contributed by atoms with E-state index in [0.29, 0.717) is 54.1 Å². The molecule has 0 bridgehead atoms. The van der Waals surface area contributed by atoms with Crippen LogP contribution in [0.15, 0.2) is 48.7 Å². The van der Waals surface area contributed by atoms with Crippen LogP contribution in [0.1, 0.15) is 6.92 Å². The molecule has 0 radical (unpaired) electrons. The standard InChI is InChI=1S/C22H23ClFN7O/c1-14(32)30-7-9-31(10-8-30)20-6-5-17(12-19(20)24)28-22-26-13-18(23)21(29-22)27-16-4-2-3-15(25)11-16/h2-6,11-13H,7-10,25H2,1H3,(H2,26,27,28,29). The van der Waals surface area contributed by atoms with Crippen LogP contribution in [0, 0.1) is 5.82 Å². The highest BCUT2D eigenvalue weighted by Crippen LogP contribution is 2.28. The zero-order valence-corrected chi connectivity index (χ0v) is 18.2. The van der Waals surface area contributed by atoms with Gasteiger partial charge in [-0.1, -0.05) is 17.7 Å². The van der Waals surface area contributed by atoms with E-state index in [1.54, 1.807) is 36.1 Å². The van der Waals surface area contributed by atoms with Crippen molar-refractivity contribution in [1.82, 2.24) is 14.9 Å². The average Bonchev–Trinajstić information content (AvgIpc) is 2.76. The van der Waals surface area contributed by atoms with Crippen molar-refractivity contribution in [2.75, 3.05) is 47.4 Å². The van der Waals surface area contributed by atoms with Gasteiger partial charge in [0.05, 0.1) is 11.9 Å². The van der Waals surface area contributed by atoms with Gasteiger partial charge in [0.25, 0.3) is 0 Å². The summed E-state index contributed by atoms with van der Waals surface area (Å²) in [4.78, 5) is 23.7. The summed E-state index contributed by atoms with van der Waals surface area (Å²) in [5.74, 6) is 0.341. The maximum absolute atomic E-state index is 14.8. The number of anilines is 6. The second-order valence-corrected chi connectivity index (χ2v) is 7.83. The number of nitrogens with two attached hydrogens (primary N) is 1. The number of piperazine rings is 1. The predicted molar refractivity (Wildman–Crippen MR) is 125 cm³/mol. The number of amides is 1. The molecule has 4 N–H and O–H groups in total. The molecule has 8 nitrogen and oxygen atoms in total. The molecule has 1 aliphatic heterocycles. The molecule has 1 saturated heterocycles. The monoisotopic (exact) mass is 455 g/mol. The van der Waals surface area contributed by atoms with Crippen LogP contribution in [0.25, 0.3) is 0 Å². The summed E-state index contributed by atoms with van der Waals surface area (Å²) in [5.41, 5.74) is 8.15. The van der Waals surface area contributed by atoms with Crippen LogP contribution in [-0.4, -0.2) is 47.0 Å². The minimum absolute atomic E-state index is 0.0391. The summed E-state index contributed by atoms with van der Waals surface area (Å²) in [6.07, 6.45) is 1.46. The fourth-order valence-electron chi connectivity index (χ4n) is 3.50. The Morgan fingerprint density at radius 2 is 1.84 bits per heavy atom. The van der Waals surface area contributed by atoms with Gasteiger partial charge in [0, 0.05) is 50.2 Å². The molecule has 10 heteroatoms. The summed E-state index contributed by atoms with van der Waals surface area (Å²) in [6.45, 7) is 3.88. The molecule has 0 unspecified atom stereocenters. The fourth-order valence-corrected chi connectivity index (χ4v) is 3.64. The molecule has 2 heterocycles. The van der Waals surface area contributed by atoms with E-state index in [0.717, 1.165) is 5.69 Å². The van der Waals surface area contributed by atoms with Gasteiger partial charge >= 0.3 is 0 Å². The molecule has 0 aliphatic carbocycles. The minimum atomic E-state index is -0.363. The molecule has 1 amide bonds. The van der Waals surface area contributed by atoms with E-state index in [1.165, 1.54) is 12.3 Å². The van der Waals surface area contributed by atoms with Crippen molar-refractivity contribution < 1.29 is 9.18 Å². The number of rotatable bonds is 5. The van der Waals surface area contributed by atoms with Gasteiger partial charge in [-0.3, -0.25) is 4.79 Å². The number of halogens is 2. The van der Waals surface area contributed by atoms with Crippen molar-refractivity contribution in [3.8, 4) is 0 Å². The summed E-state index contributed by atoms with van der Waals surface area (Å²) >= 11 is 6.21. The number of nitrogens with one attached hydrogen (secondary N) is 2. The Labute approximate surface area is 190 Å². The maximum Gasteiger partial charge on any atom is 0.229 e. The van der Waals surface area contributed by atoms with Crippen LogP contribution in [0.5, 0.6) is 0 Å². The Balaban J connectivity index is 1.46. The lowest BCUT2D eigenvalue weighted by Gasteiger charge is -2.35. The van der Waals surface area contributed by atoms with Gasteiger partial charge < -0.3 is 26.2 Å². The first-order chi connectivity index (χ1) is 15.4. The van der Waals surface area contributed by atoms with Crippen molar-refractivity contribution in [3.05, 3.63) is 59.5 Å². The highest BCUT2D eigenvalue weighted by Gasteiger charge is 2.21. The zero-order chi connectivity index (χ0) is 22.7. The number of hydrogen-bond acceptors (Lipinski definition) is 7. The topological polar surface area (TPSA) is 99.4 Å². The molecular weight excluding hydrogens is 433 g/mol. The SMILES string of the molecule is CC(=O)N1CCN(c2ccc(Nc3ncc(Cl)c(Nc4cccc(N)c4)n3)cc2F)CC1. The number of carbonyl (C=O) groups is 1. The third-order valence-corrected chi connectivity index (χ3v) is 5.44. The molecule has 1 aliphatic rings. The first-order valence-electron chi connectivity index (χ1n) is 10.1. The number of hydrogen-bond donors (Lipinski definition) is 3. The second kappa shape index (κ2) is 9.27. The molecule has 0 atom stereocenters. The lowest BCUT2D eigenvalue weighted by atomic mass is 10.2. The Morgan fingerprint density at radius 3 is 2.53 bits per heavy atom. The number of nitrogen functional groups attached to an aromatic ring is 1. The zero-order valence-electron chi connectivity index (χ0n) is 17.5. The second-order valence-electron chi connectivity index (χ2n) is 7.42. The number of nitrogens with zero attached hydrogens (tertiary/aromatic N) is 4. The molecular formula is C22H23ClFN7O. The van der Waals surface area contributed by atoms with Crippen LogP contribution in [-0.2, 0) is 4.79 Å². The third kappa shape index (κ3) is 5.00. The largest absolute Gasteiger partial charge is 0.399 e. The Bertz CT molecular complexity index is 1140. The number of aromatic nitrogens is 2. The van der Waals surface area contributed by atoms with E-state index >= 15 is 0 Å². The lowest BCUT2D eigenvalue weighted by Crippen LogP contribution is -2.48. The molecule has 1 fully saturated rings. The molecule has 3 aromatic rings. The van der Waals surface area contributed by atoms with Gasteiger partial charge in [0.2, 0.25) is 11.9 Å². The van der Waals surface area contributed by atoms with Crippen molar-refractivity contribution in [2.24, 2.45) is 0 Å². The summed E-state index contributed by atoms with van der Waals surface area (Å²) in [6, 6.07) is 12.1. The van der Waals surface area contributed by atoms with Crippen LogP contribution >= 0.6 is 11.6 Å². The molecule has 1 aromatic heterocycles. The number of carbonyl (C=O) groups excluding carboxylic acids is 1. The van der Waals surface area contributed by atoms with Gasteiger partial charge in [0.15, 0.2) is 5.82 Å². The van der Waals surface area contributed by atoms with Crippen LogP contribution < -0.4 is 21.3 Å². The first-order valence-corrected chi connectivity index (χ1v) is 10.5. The number of benzene rings is 2. The van der Waals surface area contributed by atoms with Crippen molar-refractivity contribution >= 4 is 52.0 Å². The van der Waals surface area contributed by atoms with Gasteiger partial charge in [-0.15, -0.1) is 0 Å². The summed E-state index contributed by atoms with van der Waals surface area (Å²) in [7, 11) is 0. The minimum Gasteiger partial charge on any atom is -0.399 e. The maximum atomic E-state index is 14.8. The quantitative estimate of drug-likeness (QED) is 0.500. The fraction of sp³-hybridized carbons (Fsp3) is 0.227. The van der Waals surface area contributed by atoms with Gasteiger partial charge in [0.1, 0.15) is 10.8 Å². The van der Waals surface area contributed by atoms with Gasteiger partial charge in [-0.05, 0) is 36.4 Å². The predicted octanol–water partition coefficient (Wildman–Crippen LogP) is 4.01. The van der Waals surface area contributed by atoms with Crippen LogP contribution in [0.2, 0.25) is 5.02 Å². The van der Waals surface area contributed by atoms with E-state index in [9.17, 15) is 9.18 Å². The van der Waals surface area contributed by atoms with Crippen molar-refractivity contribution in [1.29, 1.82) is 0 Å². The van der Waals surface area contributed by atoms with Gasteiger partial charge in [-0.25, -0.2) is 9.37 Å². The molecule has 0 saturated carbocycles. The van der Waals surface area contributed by atoms with Crippen molar-refractivity contribution in [2.45, 2.75) is 6.92 Å². The Kier molecular flexibility index (Phi) is 6.27. The first kappa shape index (κ1) is 21.6.